The third-order valence-electron chi connectivity index (χ3n) is 2.37. The van der Waals surface area contributed by atoms with Crippen LogP contribution < -0.4 is 11.1 Å². The van der Waals surface area contributed by atoms with Crippen molar-refractivity contribution in [3.63, 3.8) is 0 Å². The zero-order chi connectivity index (χ0) is 12.7. The Morgan fingerprint density at radius 3 is 2.65 bits per heavy atom. The van der Waals surface area contributed by atoms with E-state index >= 15 is 0 Å². The summed E-state index contributed by atoms with van der Waals surface area (Å²) in [5.41, 5.74) is 7.01. The fourth-order valence-electron chi connectivity index (χ4n) is 1.35. The minimum Gasteiger partial charge on any atom is -0.409 e. The summed E-state index contributed by atoms with van der Waals surface area (Å²) in [6.07, 6.45) is 0. The normalized spacial score (nSPS) is 12.1. The van der Waals surface area contributed by atoms with Crippen LogP contribution in [0.1, 0.15) is 11.1 Å². The van der Waals surface area contributed by atoms with Crippen molar-refractivity contribution in [3.8, 4) is 0 Å². The van der Waals surface area contributed by atoms with Crippen LogP contribution in [0, 0.1) is 0 Å². The molecule has 0 aromatic heterocycles. The first kappa shape index (κ1) is 13.4. The predicted octanol–water partition coefficient (Wildman–Crippen LogP) is -0.776. The summed E-state index contributed by atoms with van der Waals surface area (Å²) < 4.78 is 0. The molecule has 0 heterocycles. The van der Waals surface area contributed by atoms with Gasteiger partial charge in [-0.15, -0.1) is 0 Å². The number of nitrogens with one attached hydrogen (secondary N) is 1. The number of hydrogen-bond acceptors (Lipinski definition) is 5. The third kappa shape index (κ3) is 4.03. The van der Waals surface area contributed by atoms with Crippen LogP contribution in [0.2, 0.25) is 0 Å². The van der Waals surface area contributed by atoms with Gasteiger partial charge >= 0.3 is 0 Å². The molecule has 0 radical (unpaired) electrons. The molecular weight excluding hydrogens is 222 g/mol. The van der Waals surface area contributed by atoms with Crippen LogP contribution in [0.4, 0.5) is 0 Å². The minimum absolute atomic E-state index is 0.0488. The Morgan fingerprint density at radius 2 is 2.06 bits per heavy atom. The highest BCUT2D eigenvalue weighted by Crippen LogP contribution is 2.05. The Bertz CT molecular complexity index is 378. The van der Waals surface area contributed by atoms with Crippen LogP contribution in [0.25, 0.3) is 0 Å². The van der Waals surface area contributed by atoms with Crippen LogP contribution in [0.15, 0.2) is 29.4 Å². The summed E-state index contributed by atoms with van der Waals surface area (Å²) in [6, 6.07) is 6.81. The first-order chi connectivity index (χ1) is 8.21. The van der Waals surface area contributed by atoms with Gasteiger partial charge in [0.1, 0.15) is 0 Å². The van der Waals surface area contributed by atoms with Gasteiger partial charge in [0.15, 0.2) is 5.84 Å². The SMILES string of the molecule is NC(=NO)c1cccc(CNC(CO)CO)c1. The summed E-state index contributed by atoms with van der Waals surface area (Å²) in [6.45, 7) is 0.227. The van der Waals surface area contributed by atoms with Crippen molar-refractivity contribution in [1.29, 1.82) is 0 Å². The summed E-state index contributed by atoms with van der Waals surface area (Å²) in [4.78, 5) is 0. The first-order valence-corrected chi connectivity index (χ1v) is 5.23. The average molecular weight is 239 g/mol. The van der Waals surface area contributed by atoms with E-state index in [4.69, 9.17) is 21.2 Å². The lowest BCUT2D eigenvalue weighted by molar-refractivity contribution is 0.170. The van der Waals surface area contributed by atoms with E-state index in [0.717, 1.165) is 5.56 Å². The molecule has 0 bridgehead atoms. The number of benzene rings is 1. The molecule has 0 unspecified atom stereocenters. The van der Waals surface area contributed by atoms with Gasteiger partial charge in [0.25, 0.3) is 0 Å². The topological polar surface area (TPSA) is 111 Å². The molecule has 1 rings (SSSR count). The van der Waals surface area contributed by atoms with E-state index in [1.807, 2.05) is 6.07 Å². The van der Waals surface area contributed by atoms with Gasteiger partial charge in [-0.05, 0) is 11.6 Å². The summed E-state index contributed by atoms with van der Waals surface area (Å²) in [5.74, 6) is 0.0488. The van der Waals surface area contributed by atoms with Gasteiger partial charge in [0, 0.05) is 12.1 Å². The molecule has 0 fully saturated rings. The highest BCUT2D eigenvalue weighted by molar-refractivity contribution is 5.97. The van der Waals surface area contributed by atoms with Gasteiger partial charge in [-0.1, -0.05) is 23.4 Å². The standard InChI is InChI=1S/C11H17N3O3/c12-11(14-17)9-3-1-2-8(4-9)5-13-10(6-15)7-16/h1-4,10,13,15-17H,5-7H2,(H2,12,14). The summed E-state index contributed by atoms with van der Waals surface area (Å²) in [7, 11) is 0. The maximum Gasteiger partial charge on any atom is 0.170 e. The first-order valence-electron chi connectivity index (χ1n) is 5.23. The zero-order valence-corrected chi connectivity index (χ0v) is 9.37. The lowest BCUT2D eigenvalue weighted by Gasteiger charge is -2.13. The summed E-state index contributed by atoms with van der Waals surface area (Å²) >= 11 is 0. The van der Waals surface area contributed by atoms with Crippen LogP contribution in [0.5, 0.6) is 0 Å². The predicted molar refractivity (Wildman–Crippen MR) is 63.8 cm³/mol. The molecule has 1 aromatic rings. The van der Waals surface area contributed by atoms with E-state index in [-0.39, 0.29) is 25.1 Å². The van der Waals surface area contributed by atoms with Crippen molar-refractivity contribution < 1.29 is 15.4 Å². The molecule has 0 atom stereocenters. The molecule has 1 aromatic carbocycles. The van der Waals surface area contributed by atoms with E-state index in [1.54, 1.807) is 18.2 Å². The molecule has 6 N–H and O–H groups in total. The number of rotatable bonds is 6. The molecule has 17 heavy (non-hydrogen) atoms. The molecule has 94 valence electrons. The smallest absolute Gasteiger partial charge is 0.170 e. The highest BCUT2D eigenvalue weighted by atomic mass is 16.4. The number of nitrogens with zero attached hydrogens (tertiary/aromatic N) is 1. The van der Waals surface area contributed by atoms with Crippen LogP contribution in [-0.4, -0.2) is 40.5 Å². The molecule has 0 amide bonds. The second-order valence-electron chi connectivity index (χ2n) is 3.63. The Kier molecular flexibility index (Phi) is 5.41. The summed E-state index contributed by atoms with van der Waals surface area (Å²) in [5, 5.41) is 32.2. The Balaban J connectivity index is 2.66. The third-order valence-corrected chi connectivity index (χ3v) is 2.37. The number of hydrogen-bond donors (Lipinski definition) is 5. The van der Waals surface area contributed by atoms with E-state index in [0.29, 0.717) is 12.1 Å². The van der Waals surface area contributed by atoms with Gasteiger partial charge in [-0.3, -0.25) is 0 Å². The van der Waals surface area contributed by atoms with Crippen molar-refractivity contribution >= 4 is 5.84 Å². The van der Waals surface area contributed by atoms with E-state index in [1.165, 1.54) is 0 Å². The number of oxime groups is 1. The fourth-order valence-corrected chi connectivity index (χ4v) is 1.35. The van der Waals surface area contributed by atoms with Crippen LogP contribution >= 0.6 is 0 Å². The molecule has 0 aliphatic rings. The van der Waals surface area contributed by atoms with Gasteiger partial charge < -0.3 is 26.5 Å². The lowest BCUT2D eigenvalue weighted by atomic mass is 10.1. The number of aliphatic hydroxyl groups is 2. The second-order valence-corrected chi connectivity index (χ2v) is 3.63. The van der Waals surface area contributed by atoms with Crippen molar-refractivity contribution in [2.45, 2.75) is 12.6 Å². The molecule has 0 aliphatic heterocycles. The van der Waals surface area contributed by atoms with Gasteiger partial charge in [-0.25, -0.2) is 0 Å². The maximum atomic E-state index is 8.89. The molecule has 6 heteroatoms. The van der Waals surface area contributed by atoms with Crippen molar-refractivity contribution in [2.75, 3.05) is 13.2 Å². The lowest BCUT2D eigenvalue weighted by Crippen LogP contribution is -2.35. The molecule has 0 saturated carbocycles. The Hall–Kier alpha value is -1.63. The quantitative estimate of drug-likeness (QED) is 0.194. The van der Waals surface area contributed by atoms with Gasteiger partial charge in [0.2, 0.25) is 0 Å². The zero-order valence-electron chi connectivity index (χ0n) is 9.37. The molecule has 0 spiro atoms. The molecular formula is C11H17N3O3. The van der Waals surface area contributed by atoms with Gasteiger partial charge in [-0.2, -0.15) is 0 Å². The molecule has 0 saturated heterocycles. The Labute approximate surface area is 99.4 Å². The van der Waals surface area contributed by atoms with E-state index in [9.17, 15) is 0 Å². The Morgan fingerprint density at radius 1 is 1.35 bits per heavy atom. The van der Waals surface area contributed by atoms with Gasteiger partial charge in [0.05, 0.1) is 19.3 Å². The van der Waals surface area contributed by atoms with Crippen molar-refractivity contribution in [3.05, 3.63) is 35.4 Å². The number of aliphatic hydroxyl groups excluding tert-OH is 2. The number of nitrogens with two attached hydrogens (primary N) is 1. The van der Waals surface area contributed by atoms with Crippen LogP contribution in [0.3, 0.4) is 0 Å². The largest absolute Gasteiger partial charge is 0.409 e. The second kappa shape index (κ2) is 6.85. The monoisotopic (exact) mass is 239 g/mol. The van der Waals surface area contributed by atoms with E-state index < -0.39 is 0 Å². The molecule has 0 aliphatic carbocycles. The van der Waals surface area contributed by atoms with E-state index in [2.05, 4.69) is 10.5 Å². The average Bonchev–Trinajstić information content (AvgIpc) is 2.39. The fraction of sp³-hybridized carbons (Fsp3) is 0.364. The maximum absolute atomic E-state index is 8.89. The molecule has 6 nitrogen and oxygen atoms in total. The van der Waals surface area contributed by atoms with Crippen molar-refractivity contribution in [1.82, 2.24) is 5.32 Å². The minimum atomic E-state index is -0.345. The number of amidine groups is 1. The van der Waals surface area contributed by atoms with Crippen LogP contribution in [-0.2, 0) is 6.54 Å². The highest BCUT2D eigenvalue weighted by Gasteiger charge is 2.05. The van der Waals surface area contributed by atoms with Crippen molar-refractivity contribution in [2.24, 2.45) is 10.9 Å².